The maximum Gasteiger partial charge on any atom is 0.152 e. The minimum absolute atomic E-state index is 0.0565. The molecule has 0 rings (SSSR count). The van der Waals surface area contributed by atoms with E-state index in [1.54, 1.807) is 12.9 Å². The molecule has 0 radical (unpaired) electrons. The molecular formula is C7H8O2. The van der Waals surface area contributed by atoms with Crippen molar-refractivity contribution in [2.45, 2.75) is 13.8 Å². The molecule has 0 saturated heterocycles. The van der Waals surface area contributed by atoms with Gasteiger partial charge in [0, 0.05) is 6.08 Å². The van der Waals surface area contributed by atoms with Crippen molar-refractivity contribution >= 4 is 11.7 Å². The second kappa shape index (κ2) is 3.81. The number of hydrogen-bond acceptors (Lipinski definition) is 2. The molecule has 0 saturated carbocycles. The number of hydrogen-bond donors (Lipinski definition) is 0. The molecule has 0 bridgehead atoms. The SMILES string of the molecule is CC(=O)/C=C(\C)C=C=O. The quantitative estimate of drug-likeness (QED) is 0.311. The highest BCUT2D eigenvalue weighted by molar-refractivity contribution is 5.88. The average Bonchev–Trinajstić information content (AvgIpc) is 1.63. The van der Waals surface area contributed by atoms with E-state index in [-0.39, 0.29) is 5.78 Å². The molecule has 0 spiro atoms. The van der Waals surface area contributed by atoms with Crippen molar-refractivity contribution < 1.29 is 9.59 Å². The van der Waals surface area contributed by atoms with Crippen molar-refractivity contribution in [3.8, 4) is 0 Å². The fourth-order valence-corrected chi connectivity index (χ4v) is 0.455. The van der Waals surface area contributed by atoms with Crippen molar-refractivity contribution in [3.63, 3.8) is 0 Å². The van der Waals surface area contributed by atoms with Crippen molar-refractivity contribution in [2.24, 2.45) is 0 Å². The minimum atomic E-state index is -0.0565. The van der Waals surface area contributed by atoms with E-state index >= 15 is 0 Å². The van der Waals surface area contributed by atoms with E-state index in [4.69, 9.17) is 0 Å². The summed E-state index contributed by atoms with van der Waals surface area (Å²) in [5, 5.41) is 0. The van der Waals surface area contributed by atoms with Gasteiger partial charge in [-0.2, -0.15) is 0 Å². The Labute approximate surface area is 53.9 Å². The van der Waals surface area contributed by atoms with Crippen LogP contribution < -0.4 is 0 Å². The molecule has 0 amide bonds. The van der Waals surface area contributed by atoms with E-state index < -0.39 is 0 Å². The molecule has 0 aromatic heterocycles. The normalized spacial score (nSPS) is 10.2. The fourth-order valence-electron chi connectivity index (χ4n) is 0.455. The summed E-state index contributed by atoms with van der Waals surface area (Å²) in [5.74, 6) is 1.52. The molecule has 0 fully saturated rings. The summed E-state index contributed by atoms with van der Waals surface area (Å²) in [4.78, 5) is 20.0. The summed E-state index contributed by atoms with van der Waals surface area (Å²) < 4.78 is 0. The summed E-state index contributed by atoms with van der Waals surface area (Å²) in [6, 6.07) is 0. The molecule has 0 heterocycles. The van der Waals surface area contributed by atoms with Gasteiger partial charge in [-0.3, -0.25) is 4.79 Å². The Hall–Kier alpha value is -1.14. The summed E-state index contributed by atoms with van der Waals surface area (Å²) >= 11 is 0. The van der Waals surface area contributed by atoms with Gasteiger partial charge < -0.3 is 0 Å². The van der Waals surface area contributed by atoms with Crippen LogP contribution in [0, 0.1) is 0 Å². The molecule has 48 valence electrons. The third-order valence-corrected chi connectivity index (χ3v) is 0.718. The van der Waals surface area contributed by atoms with Gasteiger partial charge in [0.25, 0.3) is 0 Å². The van der Waals surface area contributed by atoms with Crippen LogP contribution in [-0.4, -0.2) is 11.7 Å². The minimum Gasteiger partial charge on any atom is -0.295 e. The van der Waals surface area contributed by atoms with E-state index in [2.05, 4.69) is 0 Å². The van der Waals surface area contributed by atoms with Crippen LogP contribution in [0.2, 0.25) is 0 Å². The summed E-state index contributed by atoms with van der Waals surface area (Å²) in [5.41, 5.74) is 0.637. The molecule has 0 aromatic carbocycles. The Kier molecular flexibility index (Phi) is 3.33. The first-order valence-corrected chi connectivity index (χ1v) is 2.56. The van der Waals surface area contributed by atoms with Crippen LogP contribution in [0.25, 0.3) is 0 Å². The number of rotatable bonds is 2. The molecule has 0 atom stereocenters. The van der Waals surface area contributed by atoms with Gasteiger partial charge >= 0.3 is 0 Å². The number of carbonyl (C=O) groups excluding carboxylic acids is 2. The maximum atomic E-state index is 10.3. The largest absolute Gasteiger partial charge is 0.295 e. The van der Waals surface area contributed by atoms with Crippen molar-refractivity contribution in [1.29, 1.82) is 0 Å². The standard InChI is InChI=1S/C7H8O2/c1-6(3-4-8)5-7(2)9/h3,5H,1-2H3/b6-5+. The Morgan fingerprint density at radius 1 is 1.44 bits per heavy atom. The highest BCUT2D eigenvalue weighted by Crippen LogP contribution is 1.90. The predicted molar refractivity (Wildman–Crippen MR) is 34.7 cm³/mol. The van der Waals surface area contributed by atoms with Crippen LogP contribution in [0.15, 0.2) is 17.7 Å². The lowest BCUT2D eigenvalue weighted by Gasteiger charge is -1.82. The molecule has 2 nitrogen and oxygen atoms in total. The van der Waals surface area contributed by atoms with E-state index in [1.807, 2.05) is 0 Å². The third kappa shape index (κ3) is 4.72. The van der Waals surface area contributed by atoms with E-state index in [0.29, 0.717) is 5.57 Å². The second-order valence-corrected chi connectivity index (χ2v) is 1.76. The van der Waals surface area contributed by atoms with Gasteiger partial charge in [-0.05, 0) is 25.5 Å². The fraction of sp³-hybridized carbons (Fsp3) is 0.286. The first kappa shape index (κ1) is 7.86. The molecule has 0 aliphatic carbocycles. The van der Waals surface area contributed by atoms with Crippen LogP contribution in [0.3, 0.4) is 0 Å². The zero-order valence-electron chi connectivity index (χ0n) is 5.47. The molecule has 9 heavy (non-hydrogen) atoms. The average molecular weight is 124 g/mol. The molecule has 0 aromatic rings. The second-order valence-electron chi connectivity index (χ2n) is 1.76. The lowest BCUT2D eigenvalue weighted by Crippen LogP contribution is -1.82. The van der Waals surface area contributed by atoms with Crippen LogP contribution in [0.4, 0.5) is 0 Å². The van der Waals surface area contributed by atoms with E-state index in [9.17, 15) is 9.59 Å². The van der Waals surface area contributed by atoms with Crippen molar-refractivity contribution in [3.05, 3.63) is 17.7 Å². The van der Waals surface area contributed by atoms with E-state index in [0.717, 1.165) is 0 Å². The van der Waals surface area contributed by atoms with Crippen molar-refractivity contribution in [1.82, 2.24) is 0 Å². The van der Waals surface area contributed by atoms with Gasteiger partial charge in [0.2, 0.25) is 0 Å². The molecule has 0 aliphatic rings. The number of allylic oxidation sites excluding steroid dienone is 3. The smallest absolute Gasteiger partial charge is 0.152 e. The van der Waals surface area contributed by atoms with E-state index in [1.165, 1.54) is 19.1 Å². The van der Waals surface area contributed by atoms with Crippen LogP contribution in [0.5, 0.6) is 0 Å². The van der Waals surface area contributed by atoms with Gasteiger partial charge in [-0.1, -0.05) is 0 Å². The molecular weight excluding hydrogens is 116 g/mol. The first-order valence-electron chi connectivity index (χ1n) is 2.56. The van der Waals surface area contributed by atoms with Gasteiger partial charge in [0.05, 0.1) is 0 Å². The van der Waals surface area contributed by atoms with Gasteiger partial charge in [0.1, 0.15) is 5.94 Å². The van der Waals surface area contributed by atoms with Crippen LogP contribution in [-0.2, 0) is 9.59 Å². The van der Waals surface area contributed by atoms with Crippen molar-refractivity contribution in [2.75, 3.05) is 0 Å². The van der Waals surface area contributed by atoms with Gasteiger partial charge in [0.15, 0.2) is 5.78 Å². The highest BCUT2D eigenvalue weighted by Gasteiger charge is 1.84. The Bertz CT molecular complexity index is 183. The van der Waals surface area contributed by atoms with Gasteiger partial charge in [-0.15, -0.1) is 0 Å². The topological polar surface area (TPSA) is 34.1 Å². The molecule has 0 N–H and O–H groups in total. The number of carbonyl (C=O) groups is 1. The summed E-state index contributed by atoms with van der Waals surface area (Å²) in [6.45, 7) is 3.11. The molecule has 2 heteroatoms. The third-order valence-electron chi connectivity index (χ3n) is 0.718. The first-order chi connectivity index (χ1) is 4.16. The number of ketones is 1. The van der Waals surface area contributed by atoms with Crippen LogP contribution in [0.1, 0.15) is 13.8 Å². The molecule has 0 unspecified atom stereocenters. The summed E-state index contributed by atoms with van der Waals surface area (Å²) in [6.07, 6.45) is 2.60. The van der Waals surface area contributed by atoms with Crippen LogP contribution >= 0.6 is 0 Å². The molecule has 0 aliphatic heterocycles. The zero-order chi connectivity index (χ0) is 7.28. The van der Waals surface area contributed by atoms with Gasteiger partial charge in [-0.25, -0.2) is 4.79 Å². The highest BCUT2D eigenvalue weighted by atomic mass is 16.1. The Balaban J connectivity index is 4.16. The lowest BCUT2D eigenvalue weighted by atomic mass is 10.2. The zero-order valence-corrected chi connectivity index (χ0v) is 5.47. The Morgan fingerprint density at radius 2 is 2.00 bits per heavy atom. The monoisotopic (exact) mass is 124 g/mol. The summed E-state index contributed by atoms with van der Waals surface area (Å²) in [7, 11) is 0. The maximum absolute atomic E-state index is 10.3. The lowest BCUT2D eigenvalue weighted by molar-refractivity contribution is -0.112. The Morgan fingerprint density at radius 3 is 2.33 bits per heavy atom. The predicted octanol–water partition coefficient (Wildman–Crippen LogP) is 0.909.